The Hall–Kier alpha value is -2.18. The van der Waals surface area contributed by atoms with Crippen LogP contribution in [0.1, 0.15) is 18.4 Å². The summed E-state index contributed by atoms with van der Waals surface area (Å²) in [6.07, 6.45) is 2.70. The number of rotatable bonds is 3. The fourth-order valence-electron chi connectivity index (χ4n) is 2.18. The molecule has 0 aromatic carbocycles. The number of nitrogens with zero attached hydrogens (tertiary/aromatic N) is 3. The van der Waals surface area contributed by atoms with Gasteiger partial charge in [0.05, 0.1) is 4.92 Å². The fraction of sp³-hybridized carbons (Fsp3) is 0.455. The van der Waals surface area contributed by atoms with Gasteiger partial charge in [0.25, 0.3) is 0 Å². The number of aromatic nitrogens is 1. The highest BCUT2D eigenvalue weighted by molar-refractivity contribution is 5.79. The normalized spacial score (nSPS) is 18.9. The Kier molecular flexibility index (Phi) is 3.14. The molecule has 7 nitrogen and oxygen atoms in total. The first-order valence-electron chi connectivity index (χ1n) is 5.61. The molecule has 1 fully saturated rings. The van der Waals surface area contributed by atoms with E-state index in [0.717, 1.165) is 0 Å². The van der Waals surface area contributed by atoms with Crippen molar-refractivity contribution in [3.63, 3.8) is 0 Å². The van der Waals surface area contributed by atoms with Crippen molar-refractivity contribution in [2.75, 3.05) is 11.4 Å². The molecule has 0 amide bonds. The average molecular weight is 251 g/mol. The first-order valence-corrected chi connectivity index (χ1v) is 5.61. The smallest absolute Gasteiger partial charge is 0.326 e. The number of hydrogen-bond donors (Lipinski definition) is 1. The lowest BCUT2D eigenvalue weighted by molar-refractivity contribution is -0.384. The van der Waals surface area contributed by atoms with Crippen molar-refractivity contribution >= 4 is 17.5 Å². The van der Waals surface area contributed by atoms with Crippen molar-refractivity contribution in [2.24, 2.45) is 0 Å². The van der Waals surface area contributed by atoms with Gasteiger partial charge in [-0.1, -0.05) is 0 Å². The maximum absolute atomic E-state index is 11.1. The number of aliphatic carboxylic acids is 1. The van der Waals surface area contributed by atoms with Crippen LogP contribution < -0.4 is 4.90 Å². The SMILES string of the molecule is Cc1cnc(N2CCCC2C(=O)O)c([N+](=O)[O-])c1. The Morgan fingerprint density at radius 3 is 3.00 bits per heavy atom. The van der Waals surface area contributed by atoms with Crippen molar-refractivity contribution in [3.05, 3.63) is 27.9 Å². The molecular weight excluding hydrogens is 238 g/mol. The summed E-state index contributed by atoms with van der Waals surface area (Å²) in [5.74, 6) is -0.820. The summed E-state index contributed by atoms with van der Waals surface area (Å²) in [4.78, 5) is 27.1. The number of anilines is 1. The van der Waals surface area contributed by atoms with E-state index in [-0.39, 0.29) is 11.5 Å². The minimum Gasteiger partial charge on any atom is -0.480 e. The van der Waals surface area contributed by atoms with Gasteiger partial charge in [0.15, 0.2) is 0 Å². The van der Waals surface area contributed by atoms with Crippen LogP contribution in [-0.4, -0.2) is 33.6 Å². The molecule has 0 spiro atoms. The number of carboxylic acids is 1. The van der Waals surface area contributed by atoms with E-state index in [4.69, 9.17) is 5.11 Å². The molecule has 1 aromatic heterocycles. The van der Waals surface area contributed by atoms with Crippen molar-refractivity contribution in [1.82, 2.24) is 4.98 Å². The van der Waals surface area contributed by atoms with Crippen LogP contribution in [0.5, 0.6) is 0 Å². The van der Waals surface area contributed by atoms with Crippen LogP contribution in [0, 0.1) is 17.0 Å². The zero-order chi connectivity index (χ0) is 13.3. The van der Waals surface area contributed by atoms with E-state index in [9.17, 15) is 14.9 Å². The molecule has 2 heterocycles. The van der Waals surface area contributed by atoms with E-state index in [1.54, 1.807) is 6.92 Å². The Bertz CT molecular complexity index is 503. The van der Waals surface area contributed by atoms with Gasteiger partial charge in [-0.3, -0.25) is 10.1 Å². The molecule has 0 saturated carbocycles. The largest absolute Gasteiger partial charge is 0.480 e. The van der Waals surface area contributed by atoms with Crippen LogP contribution in [0.25, 0.3) is 0 Å². The molecule has 1 aliphatic heterocycles. The van der Waals surface area contributed by atoms with Gasteiger partial charge in [-0.25, -0.2) is 9.78 Å². The molecule has 1 aromatic rings. The summed E-state index contributed by atoms with van der Waals surface area (Å²) in [6, 6.07) is 0.693. The van der Waals surface area contributed by atoms with Gasteiger partial charge < -0.3 is 10.0 Å². The Morgan fingerprint density at radius 1 is 1.67 bits per heavy atom. The van der Waals surface area contributed by atoms with Gasteiger partial charge in [-0.2, -0.15) is 0 Å². The molecule has 1 atom stereocenters. The van der Waals surface area contributed by atoms with E-state index in [1.807, 2.05) is 0 Å². The lowest BCUT2D eigenvalue weighted by Crippen LogP contribution is -2.36. The molecule has 7 heteroatoms. The van der Waals surface area contributed by atoms with E-state index >= 15 is 0 Å². The number of hydrogen-bond acceptors (Lipinski definition) is 5. The van der Waals surface area contributed by atoms with Crippen LogP contribution in [0.3, 0.4) is 0 Å². The van der Waals surface area contributed by atoms with E-state index in [1.165, 1.54) is 17.2 Å². The lowest BCUT2D eigenvalue weighted by atomic mass is 10.2. The van der Waals surface area contributed by atoms with Crippen LogP contribution in [0.2, 0.25) is 0 Å². The van der Waals surface area contributed by atoms with Crippen molar-refractivity contribution < 1.29 is 14.8 Å². The van der Waals surface area contributed by atoms with Crippen molar-refractivity contribution in [2.45, 2.75) is 25.8 Å². The van der Waals surface area contributed by atoms with Crippen molar-refractivity contribution in [3.8, 4) is 0 Å². The van der Waals surface area contributed by atoms with Crippen LogP contribution in [0.4, 0.5) is 11.5 Å². The third-order valence-corrected chi connectivity index (χ3v) is 2.99. The van der Waals surface area contributed by atoms with Gasteiger partial charge in [0.2, 0.25) is 5.82 Å². The van der Waals surface area contributed by atoms with Crippen LogP contribution in [-0.2, 0) is 4.79 Å². The lowest BCUT2D eigenvalue weighted by Gasteiger charge is -2.22. The number of carbonyl (C=O) groups is 1. The molecule has 96 valence electrons. The number of carboxylic acid groups (broad SMARTS) is 1. The summed E-state index contributed by atoms with van der Waals surface area (Å²) in [5, 5.41) is 20.1. The third-order valence-electron chi connectivity index (χ3n) is 2.99. The molecule has 1 unspecified atom stereocenters. The second kappa shape index (κ2) is 4.59. The molecular formula is C11H13N3O4. The maximum atomic E-state index is 11.1. The first kappa shape index (κ1) is 12.3. The molecule has 1 aliphatic rings. The number of nitro groups is 1. The third kappa shape index (κ3) is 2.11. The summed E-state index contributed by atoms with van der Waals surface area (Å²) < 4.78 is 0. The van der Waals surface area contributed by atoms with Gasteiger partial charge in [-0.15, -0.1) is 0 Å². The quantitative estimate of drug-likeness (QED) is 0.643. The summed E-state index contributed by atoms with van der Waals surface area (Å²) in [6.45, 7) is 2.19. The molecule has 2 rings (SSSR count). The highest BCUT2D eigenvalue weighted by atomic mass is 16.6. The topological polar surface area (TPSA) is 96.6 Å². The summed E-state index contributed by atoms with van der Waals surface area (Å²) in [7, 11) is 0. The molecule has 0 aliphatic carbocycles. The van der Waals surface area contributed by atoms with Gasteiger partial charge in [0.1, 0.15) is 6.04 Å². The minimum atomic E-state index is -0.968. The number of pyridine rings is 1. The monoisotopic (exact) mass is 251 g/mol. The zero-order valence-corrected chi connectivity index (χ0v) is 9.87. The standard InChI is InChI=1S/C11H13N3O4/c1-7-5-9(14(17)18)10(12-6-7)13-4-2-3-8(13)11(15)16/h5-6,8H,2-4H2,1H3,(H,15,16). The fourth-order valence-corrected chi connectivity index (χ4v) is 2.18. The van der Waals surface area contributed by atoms with Gasteiger partial charge in [0, 0.05) is 18.8 Å². The summed E-state index contributed by atoms with van der Waals surface area (Å²) in [5.41, 5.74) is 0.541. The van der Waals surface area contributed by atoms with Crippen molar-refractivity contribution in [1.29, 1.82) is 0 Å². The predicted molar refractivity (Wildman–Crippen MR) is 63.6 cm³/mol. The molecule has 0 radical (unpaired) electrons. The van der Waals surface area contributed by atoms with E-state index < -0.39 is 16.9 Å². The Balaban J connectivity index is 2.44. The highest BCUT2D eigenvalue weighted by Gasteiger charge is 2.35. The molecule has 1 N–H and O–H groups in total. The Morgan fingerprint density at radius 2 is 2.39 bits per heavy atom. The first-order chi connectivity index (χ1) is 8.50. The van der Waals surface area contributed by atoms with Gasteiger partial charge >= 0.3 is 11.7 Å². The predicted octanol–water partition coefficient (Wildman–Crippen LogP) is 1.35. The summed E-state index contributed by atoms with van der Waals surface area (Å²) >= 11 is 0. The maximum Gasteiger partial charge on any atom is 0.326 e. The Labute approximate surface area is 103 Å². The molecule has 1 saturated heterocycles. The highest BCUT2D eigenvalue weighted by Crippen LogP contribution is 2.32. The second-order valence-electron chi connectivity index (χ2n) is 4.30. The van der Waals surface area contributed by atoms with Crippen LogP contribution >= 0.6 is 0 Å². The van der Waals surface area contributed by atoms with E-state index in [0.29, 0.717) is 24.9 Å². The number of aryl methyl sites for hydroxylation is 1. The van der Waals surface area contributed by atoms with E-state index in [2.05, 4.69) is 4.98 Å². The zero-order valence-electron chi connectivity index (χ0n) is 9.87. The molecule has 0 bridgehead atoms. The molecule has 18 heavy (non-hydrogen) atoms. The van der Waals surface area contributed by atoms with Gasteiger partial charge in [-0.05, 0) is 25.3 Å². The average Bonchev–Trinajstić information content (AvgIpc) is 2.77. The second-order valence-corrected chi connectivity index (χ2v) is 4.30. The minimum absolute atomic E-state index is 0.136. The van der Waals surface area contributed by atoms with Crippen LogP contribution in [0.15, 0.2) is 12.3 Å².